The zero-order valence-electron chi connectivity index (χ0n) is 12.3. The van der Waals surface area contributed by atoms with Crippen LogP contribution in [0, 0.1) is 0 Å². The quantitative estimate of drug-likeness (QED) is 0.866. The summed E-state index contributed by atoms with van der Waals surface area (Å²) in [5.74, 6) is 1.56. The molecule has 3 saturated heterocycles. The molecule has 6 heteroatoms. The molecular formula is C16H22O5S. The summed E-state index contributed by atoms with van der Waals surface area (Å²) in [5, 5.41) is 20.3. The predicted molar refractivity (Wildman–Crippen MR) is 83.6 cm³/mol. The number of ether oxygens (including phenoxy) is 3. The van der Waals surface area contributed by atoms with E-state index in [2.05, 4.69) is 12.1 Å². The highest BCUT2D eigenvalue weighted by atomic mass is 32.2. The second-order valence-corrected chi connectivity index (χ2v) is 6.61. The Kier molecular flexibility index (Phi) is 5.73. The smallest absolute Gasteiger partial charge is 0.186 e. The fourth-order valence-electron chi connectivity index (χ4n) is 2.73. The van der Waals surface area contributed by atoms with Crippen molar-refractivity contribution in [1.82, 2.24) is 0 Å². The van der Waals surface area contributed by atoms with E-state index < -0.39 is 24.6 Å². The fourth-order valence-corrected chi connectivity index (χ4v) is 3.77. The molecule has 2 bridgehead atoms. The lowest BCUT2D eigenvalue weighted by Crippen LogP contribution is -2.59. The Bertz CT molecular complexity index is 455. The molecule has 3 fully saturated rings. The zero-order valence-corrected chi connectivity index (χ0v) is 13.2. The van der Waals surface area contributed by atoms with Crippen LogP contribution in [0.3, 0.4) is 0 Å². The molecule has 2 N–H and O–H groups in total. The van der Waals surface area contributed by atoms with Gasteiger partial charge in [0, 0.05) is 18.1 Å². The van der Waals surface area contributed by atoms with Gasteiger partial charge in [-0.3, -0.25) is 0 Å². The van der Waals surface area contributed by atoms with Crippen molar-refractivity contribution >= 4 is 11.8 Å². The van der Waals surface area contributed by atoms with Gasteiger partial charge in [0.25, 0.3) is 0 Å². The number of thioether (sulfide) groups is 1. The molecule has 3 aliphatic heterocycles. The van der Waals surface area contributed by atoms with Crippen LogP contribution in [0.15, 0.2) is 30.3 Å². The van der Waals surface area contributed by atoms with E-state index in [-0.39, 0.29) is 6.10 Å². The molecule has 1 aromatic rings. The monoisotopic (exact) mass is 326 g/mol. The maximum absolute atomic E-state index is 10.2. The van der Waals surface area contributed by atoms with Crippen molar-refractivity contribution in [2.45, 2.75) is 42.9 Å². The standard InChI is InChI=1S/C16H22O5S/c17-13-14(18)16-20-8-4-7-19-15(13)12(21-16)10-22-9-11-5-2-1-3-6-11/h1-3,5-6,12-18H,4,7-10H2. The van der Waals surface area contributed by atoms with Crippen LogP contribution in [0.4, 0.5) is 0 Å². The first kappa shape index (κ1) is 16.2. The van der Waals surface area contributed by atoms with Crippen LogP contribution in [-0.4, -0.2) is 59.9 Å². The van der Waals surface area contributed by atoms with Crippen LogP contribution in [0.25, 0.3) is 0 Å². The van der Waals surface area contributed by atoms with Crippen LogP contribution in [0.5, 0.6) is 0 Å². The Morgan fingerprint density at radius 1 is 1.05 bits per heavy atom. The molecular weight excluding hydrogens is 304 g/mol. The van der Waals surface area contributed by atoms with Gasteiger partial charge in [0.1, 0.15) is 18.3 Å². The van der Waals surface area contributed by atoms with E-state index >= 15 is 0 Å². The van der Waals surface area contributed by atoms with Crippen molar-refractivity contribution in [3.8, 4) is 0 Å². The van der Waals surface area contributed by atoms with E-state index in [1.165, 1.54) is 5.56 Å². The van der Waals surface area contributed by atoms with Crippen molar-refractivity contribution in [1.29, 1.82) is 0 Å². The average molecular weight is 326 g/mol. The number of benzene rings is 1. The Balaban J connectivity index is 1.59. The van der Waals surface area contributed by atoms with Gasteiger partial charge < -0.3 is 24.4 Å². The Hall–Kier alpha value is -0.630. The number of fused-ring (bicyclic) bond motifs is 6. The molecule has 3 aliphatic rings. The zero-order chi connectivity index (χ0) is 15.4. The number of rotatable bonds is 4. The van der Waals surface area contributed by atoms with E-state index in [9.17, 15) is 10.2 Å². The second kappa shape index (κ2) is 7.77. The molecule has 0 aliphatic carbocycles. The molecule has 0 saturated carbocycles. The van der Waals surface area contributed by atoms with Gasteiger partial charge in [-0.25, -0.2) is 0 Å². The number of aliphatic hydroxyl groups is 2. The summed E-state index contributed by atoms with van der Waals surface area (Å²) in [4.78, 5) is 0. The third-order valence-corrected chi connectivity index (χ3v) is 5.02. The van der Waals surface area contributed by atoms with E-state index in [1.807, 2.05) is 18.2 Å². The fraction of sp³-hybridized carbons (Fsp3) is 0.625. The summed E-state index contributed by atoms with van der Waals surface area (Å²) in [7, 11) is 0. The topological polar surface area (TPSA) is 68.2 Å². The molecule has 1 aromatic carbocycles. The van der Waals surface area contributed by atoms with Crippen molar-refractivity contribution in [3.63, 3.8) is 0 Å². The van der Waals surface area contributed by atoms with Crippen molar-refractivity contribution in [2.24, 2.45) is 0 Å². The summed E-state index contributed by atoms with van der Waals surface area (Å²) in [6.45, 7) is 0.968. The van der Waals surface area contributed by atoms with Gasteiger partial charge in [0.15, 0.2) is 6.29 Å². The van der Waals surface area contributed by atoms with Gasteiger partial charge in [0.2, 0.25) is 0 Å². The molecule has 5 nitrogen and oxygen atoms in total. The molecule has 5 atom stereocenters. The molecule has 0 amide bonds. The lowest BCUT2D eigenvalue weighted by molar-refractivity contribution is -0.289. The molecule has 4 rings (SSSR count). The van der Waals surface area contributed by atoms with E-state index in [4.69, 9.17) is 14.2 Å². The maximum Gasteiger partial charge on any atom is 0.186 e. The first-order valence-electron chi connectivity index (χ1n) is 7.62. The Morgan fingerprint density at radius 2 is 1.82 bits per heavy atom. The lowest BCUT2D eigenvalue weighted by atomic mass is 10.00. The normalized spacial score (nSPS) is 35.6. The van der Waals surface area contributed by atoms with Crippen molar-refractivity contribution in [2.75, 3.05) is 19.0 Å². The minimum absolute atomic E-state index is 0.282. The third kappa shape index (κ3) is 3.82. The van der Waals surface area contributed by atoms with E-state index in [0.29, 0.717) is 19.0 Å². The van der Waals surface area contributed by atoms with Crippen LogP contribution in [-0.2, 0) is 20.0 Å². The van der Waals surface area contributed by atoms with Crippen molar-refractivity contribution < 1.29 is 24.4 Å². The van der Waals surface area contributed by atoms with Gasteiger partial charge >= 0.3 is 0 Å². The Labute approximate surface area is 134 Å². The number of aliphatic hydroxyl groups excluding tert-OH is 2. The summed E-state index contributed by atoms with van der Waals surface area (Å²) < 4.78 is 17.0. The lowest BCUT2D eigenvalue weighted by Gasteiger charge is -2.41. The van der Waals surface area contributed by atoms with Crippen LogP contribution in [0.1, 0.15) is 12.0 Å². The molecule has 0 spiro atoms. The molecule has 3 heterocycles. The third-order valence-electron chi connectivity index (χ3n) is 3.92. The number of hydrogen-bond acceptors (Lipinski definition) is 6. The molecule has 5 unspecified atom stereocenters. The largest absolute Gasteiger partial charge is 0.387 e. The first-order chi connectivity index (χ1) is 10.8. The molecule has 122 valence electrons. The highest BCUT2D eigenvalue weighted by Gasteiger charge is 2.46. The molecule has 0 aromatic heterocycles. The second-order valence-electron chi connectivity index (χ2n) is 5.58. The first-order valence-corrected chi connectivity index (χ1v) is 8.77. The van der Waals surface area contributed by atoms with Crippen molar-refractivity contribution in [3.05, 3.63) is 35.9 Å². The highest BCUT2D eigenvalue weighted by molar-refractivity contribution is 7.98. The highest BCUT2D eigenvalue weighted by Crippen LogP contribution is 2.28. The van der Waals surface area contributed by atoms with Gasteiger partial charge in [-0.05, 0) is 12.0 Å². The predicted octanol–water partition coefficient (Wildman–Crippen LogP) is 1.17. The minimum atomic E-state index is -1.06. The summed E-state index contributed by atoms with van der Waals surface area (Å²) in [6.07, 6.45) is -2.85. The van der Waals surface area contributed by atoms with Gasteiger partial charge in [0.05, 0.1) is 12.7 Å². The van der Waals surface area contributed by atoms with E-state index in [1.54, 1.807) is 11.8 Å². The summed E-state index contributed by atoms with van der Waals surface area (Å²) in [6, 6.07) is 10.2. The Morgan fingerprint density at radius 3 is 2.64 bits per heavy atom. The SMILES string of the molecule is OC1C2OCCCOC(C(CSCc3ccccc3)O2)C1O. The summed E-state index contributed by atoms with van der Waals surface area (Å²) in [5.41, 5.74) is 1.25. The average Bonchev–Trinajstić information content (AvgIpc) is 2.68. The van der Waals surface area contributed by atoms with Gasteiger partial charge in [-0.15, -0.1) is 0 Å². The minimum Gasteiger partial charge on any atom is -0.387 e. The van der Waals surface area contributed by atoms with Gasteiger partial charge in [-0.2, -0.15) is 11.8 Å². The molecule has 22 heavy (non-hydrogen) atoms. The van der Waals surface area contributed by atoms with Gasteiger partial charge in [-0.1, -0.05) is 30.3 Å². The number of hydrogen-bond donors (Lipinski definition) is 2. The van der Waals surface area contributed by atoms with Crippen LogP contribution < -0.4 is 0 Å². The van der Waals surface area contributed by atoms with E-state index in [0.717, 1.165) is 12.2 Å². The molecule has 0 radical (unpaired) electrons. The van der Waals surface area contributed by atoms with Crippen LogP contribution >= 0.6 is 11.8 Å². The maximum atomic E-state index is 10.2. The van der Waals surface area contributed by atoms with Crippen LogP contribution in [0.2, 0.25) is 0 Å². The summed E-state index contributed by atoms with van der Waals surface area (Å²) >= 11 is 1.73.